The predicted molar refractivity (Wildman–Crippen MR) is 71.5 cm³/mol. The smallest absolute Gasteiger partial charge is 0.214 e. The Morgan fingerprint density at radius 2 is 1.88 bits per heavy atom. The van der Waals surface area contributed by atoms with Crippen LogP contribution in [0.4, 0.5) is 0 Å². The maximum atomic E-state index is 11.8. The summed E-state index contributed by atoms with van der Waals surface area (Å²) in [4.78, 5) is 2.35. The fourth-order valence-corrected chi connectivity index (χ4v) is 2.98. The molecular formula is C12H26N2O2S. The molecule has 0 bridgehead atoms. The summed E-state index contributed by atoms with van der Waals surface area (Å²) in [6.45, 7) is 11.8. The fraction of sp³-hybridized carbons (Fsp3) is 1.00. The molecule has 0 amide bonds. The van der Waals surface area contributed by atoms with Crippen molar-refractivity contribution in [3.05, 3.63) is 0 Å². The van der Waals surface area contributed by atoms with Crippen LogP contribution in [0.1, 0.15) is 47.5 Å². The van der Waals surface area contributed by atoms with Gasteiger partial charge in [-0.05, 0) is 54.0 Å². The van der Waals surface area contributed by atoms with Crippen LogP contribution in [0.2, 0.25) is 0 Å². The average Bonchev–Trinajstić information content (AvgIpc) is 2.15. The van der Waals surface area contributed by atoms with E-state index in [1.54, 1.807) is 13.8 Å². The van der Waals surface area contributed by atoms with Gasteiger partial charge in [0, 0.05) is 18.1 Å². The van der Waals surface area contributed by atoms with Gasteiger partial charge in [0.25, 0.3) is 0 Å². The quantitative estimate of drug-likeness (QED) is 0.840. The van der Waals surface area contributed by atoms with E-state index in [0.717, 1.165) is 25.9 Å². The molecule has 0 saturated carbocycles. The van der Waals surface area contributed by atoms with Crippen LogP contribution in [-0.2, 0) is 10.0 Å². The highest BCUT2D eigenvalue weighted by atomic mass is 32.2. The lowest BCUT2D eigenvalue weighted by molar-refractivity contribution is 0.0961. The molecule has 17 heavy (non-hydrogen) atoms. The lowest BCUT2D eigenvalue weighted by atomic mass is 9.99. The van der Waals surface area contributed by atoms with Crippen molar-refractivity contribution in [2.45, 2.75) is 64.3 Å². The third-order valence-electron chi connectivity index (χ3n) is 3.32. The van der Waals surface area contributed by atoms with Crippen molar-refractivity contribution < 1.29 is 8.42 Å². The van der Waals surface area contributed by atoms with E-state index in [2.05, 4.69) is 30.4 Å². The Kier molecular flexibility index (Phi) is 4.60. The largest absolute Gasteiger partial charge is 0.297 e. The van der Waals surface area contributed by atoms with E-state index in [1.807, 2.05) is 0 Å². The first kappa shape index (κ1) is 14.9. The molecular weight excluding hydrogens is 236 g/mol. The zero-order chi connectivity index (χ0) is 13.3. The summed E-state index contributed by atoms with van der Waals surface area (Å²) in [5, 5.41) is -0.354. The van der Waals surface area contributed by atoms with Crippen LogP contribution in [-0.4, -0.2) is 43.2 Å². The van der Waals surface area contributed by atoms with E-state index in [9.17, 15) is 8.42 Å². The summed E-state index contributed by atoms with van der Waals surface area (Å²) < 4.78 is 26.5. The number of hydrogen-bond donors (Lipinski definition) is 1. The normalized spacial score (nSPS) is 24.2. The van der Waals surface area contributed by atoms with Gasteiger partial charge in [-0.3, -0.25) is 4.90 Å². The Bertz CT molecular complexity index is 344. The number of hydrogen-bond acceptors (Lipinski definition) is 3. The molecule has 1 saturated heterocycles. The Balaban J connectivity index is 2.63. The van der Waals surface area contributed by atoms with Crippen LogP contribution < -0.4 is 4.72 Å². The molecule has 0 aromatic rings. The Morgan fingerprint density at radius 1 is 1.29 bits per heavy atom. The minimum atomic E-state index is -3.14. The Hall–Kier alpha value is -0.130. The third kappa shape index (κ3) is 4.23. The summed E-state index contributed by atoms with van der Waals surface area (Å²) >= 11 is 0. The first-order valence-corrected chi connectivity index (χ1v) is 7.94. The van der Waals surface area contributed by atoms with Crippen LogP contribution >= 0.6 is 0 Å². The standard InChI is InChI=1S/C12H26N2O2S/c1-10(2)17(15,16)13-11-7-6-8-14(9-11)12(3,4)5/h10-11,13H,6-9H2,1-5H3/t11-/m1/s1. The van der Waals surface area contributed by atoms with Gasteiger partial charge in [0.15, 0.2) is 0 Å². The van der Waals surface area contributed by atoms with Gasteiger partial charge in [-0.15, -0.1) is 0 Å². The molecule has 0 spiro atoms. The molecule has 1 atom stereocenters. The zero-order valence-electron chi connectivity index (χ0n) is 11.7. The summed E-state index contributed by atoms with van der Waals surface area (Å²) in [6, 6.07) is 0.0652. The van der Waals surface area contributed by atoms with Crippen LogP contribution in [0.25, 0.3) is 0 Å². The highest BCUT2D eigenvalue weighted by Gasteiger charge is 2.30. The van der Waals surface area contributed by atoms with Crippen LogP contribution in [0, 0.1) is 0 Å². The average molecular weight is 262 g/mol. The van der Waals surface area contributed by atoms with Gasteiger partial charge in [-0.2, -0.15) is 0 Å². The maximum absolute atomic E-state index is 11.8. The van der Waals surface area contributed by atoms with Crippen LogP contribution in [0.3, 0.4) is 0 Å². The zero-order valence-corrected chi connectivity index (χ0v) is 12.5. The van der Waals surface area contributed by atoms with Gasteiger partial charge >= 0.3 is 0 Å². The minimum Gasteiger partial charge on any atom is -0.297 e. The summed E-state index contributed by atoms with van der Waals surface area (Å²) in [6.07, 6.45) is 2.00. The SMILES string of the molecule is CC(C)S(=O)(=O)N[C@@H]1CCCN(C(C)(C)C)C1. The van der Waals surface area contributed by atoms with Crippen molar-refractivity contribution >= 4 is 10.0 Å². The Labute approximate surface area is 106 Å². The molecule has 1 heterocycles. The molecule has 4 nitrogen and oxygen atoms in total. The van der Waals surface area contributed by atoms with Gasteiger partial charge in [-0.1, -0.05) is 0 Å². The fourth-order valence-electron chi connectivity index (χ4n) is 2.05. The number of piperidine rings is 1. The highest BCUT2D eigenvalue weighted by molar-refractivity contribution is 7.90. The second kappa shape index (κ2) is 5.24. The topological polar surface area (TPSA) is 49.4 Å². The number of sulfonamides is 1. The molecule has 1 fully saturated rings. The van der Waals surface area contributed by atoms with E-state index in [1.165, 1.54) is 0 Å². The molecule has 0 aromatic heterocycles. The number of likely N-dealkylation sites (tertiary alicyclic amines) is 1. The van der Waals surface area contributed by atoms with Gasteiger partial charge in [0.05, 0.1) is 5.25 Å². The number of nitrogens with zero attached hydrogens (tertiary/aromatic N) is 1. The molecule has 0 aliphatic carbocycles. The monoisotopic (exact) mass is 262 g/mol. The minimum absolute atomic E-state index is 0.0652. The van der Waals surface area contributed by atoms with Crippen LogP contribution in [0.5, 0.6) is 0 Å². The Morgan fingerprint density at radius 3 is 2.35 bits per heavy atom. The third-order valence-corrected chi connectivity index (χ3v) is 5.22. The second-order valence-electron chi connectivity index (χ2n) is 6.17. The summed E-state index contributed by atoms with van der Waals surface area (Å²) in [5.41, 5.74) is 0.113. The van der Waals surface area contributed by atoms with E-state index in [0.29, 0.717) is 0 Å². The first-order valence-electron chi connectivity index (χ1n) is 6.39. The van der Waals surface area contributed by atoms with E-state index >= 15 is 0 Å². The van der Waals surface area contributed by atoms with Gasteiger partial charge < -0.3 is 0 Å². The molecule has 1 aliphatic heterocycles. The number of nitrogens with one attached hydrogen (secondary N) is 1. The molecule has 0 unspecified atom stereocenters. The van der Waals surface area contributed by atoms with E-state index < -0.39 is 10.0 Å². The number of rotatable bonds is 3. The molecule has 1 N–H and O–H groups in total. The molecule has 102 valence electrons. The molecule has 0 aromatic carbocycles. The second-order valence-corrected chi connectivity index (χ2v) is 8.44. The van der Waals surface area contributed by atoms with Crippen molar-refractivity contribution in [3.63, 3.8) is 0 Å². The molecule has 1 aliphatic rings. The maximum Gasteiger partial charge on any atom is 0.214 e. The highest BCUT2D eigenvalue weighted by Crippen LogP contribution is 2.20. The van der Waals surface area contributed by atoms with Crippen molar-refractivity contribution in [1.82, 2.24) is 9.62 Å². The van der Waals surface area contributed by atoms with Crippen molar-refractivity contribution in [3.8, 4) is 0 Å². The van der Waals surface area contributed by atoms with Gasteiger partial charge in [0.1, 0.15) is 0 Å². The van der Waals surface area contributed by atoms with Crippen molar-refractivity contribution in [2.75, 3.05) is 13.1 Å². The molecule has 5 heteroatoms. The van der Waals surface area contributed by atoms with E-state index in [4.69, 9.17) is 0 Å². The lowest BCUT2D eigenvalue weighted by Crippen LogP contribution is -2.54. The summed E-state index contributed by atoms with van der Waals surface area (Å²) in [5.74, 6) is 0. The van der Waals surface area contributed by atoms with Crippen molar-refractivity contribution in [2.24, 2.45) is 0 Å². The molecule has 0 radical (unpaired) electrons. The lowest BCUT2D eigenvalue weighted by Gasteiger charge is -2.41. The summed E-state index contributed by atoms with van der Waals surface area (Å²) in [7, 11) is -3.14. The predicted octanol–water partition coefficient (Wildman–Crippen LogP) is 1.58. The van der Waals surface area contributed by atoms with Crippen LogP contribution in [0.15, 0.2) is 0 Å². The molecule has 1 rings (SSSR count). The van der Waals surface area contributed by atoms with Crippen molar-refractivity contribution in [1.29, 1.82) is 0 Å². The van der Waals surface area contributed by atoms with Gasteiger partial charge in [0.2, 0.25) is 10.0 Å². The van der Waals surface area contributed by atoms with E-state index in [-0.39, 0.29) is 16.8 Å². The first-order chi connectivity index (χ1) is 7.63. The van der Waals surface area contributed by atoms with Gasteiger partial charge in [-0.25, -0.2) is 13.1 Å².